The maximum absolute atomic E-state index is 5.69. The van der Waals surface area contributed by atoms with Gasteiger partial charge in [0.2, 0.25) is 0 Å². The molecule has 3 nitrogen and oxygen atoms in total. The topological polar surface area (TPSA) is 32.5 Å². The Kier molecular flexibility index (Phi) is 5.52. The van der Waals surface area contributed by atoms with Crippen molar-refractivity contribution in [1.82, 2.24) is 9.80 Å². The fraction of sp³-hybridized carbons (Fsp3) is 0.562. The zero-order chi connectivity index (χ0) is 14.5. The van der Waals surface area contributed by atoms with E-state index in [-0.39, 0.29) is 0 Å². The number of piperidine rings is 1. The molecule has 0 spiro atoms. The van der Waals surface area contributed by atoms with Crippen molar-refractivity contribution >= 4 is 17.2 Å². The molecule has 0 amide bonds. The summed E-state index contributed by atoms with van der Waals surface area (Å²) in [6.45, 7) is 4.60. The molecule has 0 aliphatic carbocycles. The summed E-state index contributed by atoms with van der Waals surface area (Å²) in [6.07, 6.45) is 2.63. The monoisotopic (exact) mass is 291 g/mol. The van der Waals surface area contributed by atoms with Crippen molar-refractivity contribution in [2.24, 2.45) is 11.7 Å². The summed E-state index contributed by atoms with van der Waals surface area (Å²) in [4.78, 5) is 5.31. The SMILES string of the molecule is CN1CCC(CN(C)Cc2cccc(C(N)=S)c2)CC1. The lowest BCUT2D eigenvalue weighted by Crippen LogP contribution is -2.35. The lowest BCUT2D eigenvalue weighted by atomic mass is 9.96. The van der Waals surface area contributed by atoms with E-state index in [1.54, 1.807) is 0 Å². The van der Waals surface area contributed by atoms with Gasteiger partial charge in [-0.05, 0) is 57.6 Å². The van der Waals surface area contributed by atoms with E-state index in [1.807, 2.05) is 12.1 Å². The van der Waals surface area contributed by atoms with Crippen LogP contribution >= 0.6 is 12.2 Å². The summed E-state index contributed by atoms with van der Waals surface area (Å²) >= 11 is 5.04. The number of nitrogens with two attached hydrogens (primary N) is 1. The van der Waals surface area contributed by atoms with Crippen molar-refractivity contribution in [2.45, 2.75) is 19.4 Å². The highest BCUT2D eigenvalue weighted by molar-refractivity contribution is 7.80. The molecule has 1 aliphatic rings. The molecule has 0 saturated carbocycles. The second kappa shape index (κ2) is 7.16. The van der Waals surface area contributed by atoms with E-state index in [9.17, 15) is 0 Å². The summed E-state index contributed by atoms with van der Waals surface area (Å²) in [5.74, 6) is 0.829. The normalized spacial score (nSPS) is 17.6. The van der Waals surface area contributed by atoms with E-state index in [0.29, 0.717) is 4.99 Å². The molecule has 1 aliphatic heterocycles. The van der Waals surface area contributed by atoms with Gasteiger partial charge < -0.3 is 15.5 Å². The van der Waals surface area contributed by atoms with Crippen LogP contribution in [0.4, 0.5) is 0 Å². The van der Waals surface area contributed by atoms with Crippen LogP contribution in [0.1, 0.15) is 24.0 Å². The summed E-state index contributed by atoms with van der Waals surface area (Å²) in [5, 5.41) is 0. The van der Waals surface area contributed by atoms with Crippen LogP contribution < -0.4 is 5.73 Å². The van der Waals surface area contributed by atoms with Crippen LogP contribution in [-0.4, -0.2) is 48.5 Å². The number of nitrogens with zero attached hydrogens (tertiary/aromatic N) is 2. The van der Waals surface area contributed by atoms with Crippen molar-refractivity contribution < 1.29 is 0 Å². The fourth-order valence-electron chi connectivity index (χ4n) is 2.88. The Balaban J connectivity index is 1.86. The predicted molar refractivity (Wildman–Crippen MR) is 88.9 cm³/mol. The lowest BCUT2D eigenvalue weighted by Gasteiger charge is -2.31. The fourth-order valence-corrected chi connectivity index (χ4v) is 3.01. The van der Waals surface area contributed by atoms with E-state index in [0.717, 1.165) is 18.0 Å². The van der Waals surface area contributed by atoms with Gasteiger partial charge in [-0.15, -0.1) is 0 Å². The van der Waals surface area contributed by atoms with Gasteiger partial charge in [-0.3, -0.25) is 0 Å². The minimum absolute atomic E-state index is 0.477. The molecule has 20 heavy (non-hydrogen) atoms. The first-order valence-corrected chi connectivity index (χ1v) is 7.71. The van der Waals surface area contributed by atoms with Crippen LogP contribution in [0.2, 0.25) is 0 Å². The Hall–Kier alpha value is -0.970. The van der Waals surface area contributed by atoms with E-state index in [4.69, 9.17) is 18.0 Å². The maximum Gasteiger partial charge on any atom is 0.103 e. The minimum Gasteiger partial charge on any atom is -0.389 e. The third-order valence-electron chi connectivity index (χ3n) is 4.07. The summed E-state index contributed by atoms with van der Waals surface area (Å²) in [7, 11) is 4.41. The van der Waals surface area contributed by atoms with E-state index in [2.05, 4.69) is 36.0 Å². The minimum atomic E-state index is 0.477. The molecule has 1 aromatic carbocycles. The number of likely N-dealkylation sites (tertiary alicyclic amines) is 1. The van der Waals surface area contributed by atoms with E-state index in [1.165, 1.54) is 38.0 Å². The molecular formula is C16H25N3S. The highest BCUT2D eigenvalue weighted by atomic mass is 32.1. The molecule has 110 valence electrons. The molecule has 1 heterocycles. The van der Waals surface area contributed by atoms with Gasteiger partial charge in [0.05, 0.1) is 0 Å². The molecule has 0 atom stereocenters. The zero-order valence-corrected chi connectivity index (χ0v) is 13.3. The molecule has 0 unspecified atom stereocenters. The Morgan fingerprint density at radius 3 is 2.75 bits per heavy atom. The van der Waals surface area contributed by atoms with Crippen molar-refractivity contribution in [3.8, 4) is 0 Å². The Morgan fingerprint density at radius 1 is 1.40 bits per heavy atom. The second-order valence-electron chi connectivity index (χ2n) is 6.01. The van der Waals surface area contributed by atoms with Crippen LogP contribution in [0.5, 0.6) is 0 Å². The molecule has 1 aromatic rings. The van der Waals surface area contributed by atoms with Gasteiger partial charge in [0.15, 0.2) is 0 Å². The average Bonchev–Trinajstić information content (AvgIpc) is 2.41. The third-order valence-corrected chi connectivity index (χ3v) is 4.31. The quantitative estimate of drug-likeness (QED) is 0.842. The zero-order valence-electron chi connectivity index (χ0n) is 12.5. The van der Waals surface area contributed by atoms with Crippen LogP contribution in [-0.2, 0) is 6.54 Å². The van der Waals surface area contributed by atoms with E-state index >= 15 is 0 Å². The first-order chi connectivity index (χ1) is 9.54. The maximum atomic E-state index is 5.69. The van der Waals surface area contributed by atoms with Crippen LogP contribution in [0, 0.1) is 5.92 Å². The van der Waals surface area contributed by atoms with Gasteiger partial charge in [0.25, 0.3) is 0 Å². The molecule has 0 bridgehead atoms. The molecule has 0 aromatic heterocycles. The first-order valence-electron chi connectivity index (χ1n) is 7.30. The lowest BCUT2D eigenvalue weighted by molar-refractivity contribution is 0.173. The Bertz CT molecular complexity index is 453. The molecule has 0 radical (unpaired) electrons. The number of rotatable bonds is 5. The third kappa shape index (κ3) is 4.54. The molecule has 1 fully saturated rings. The predicted octanol–water partition coefficient (Wildman–Crippen LogP) is 2.09. The number of benzene rings is 1. The van der Waals surface area contributed by atoms with Crippen molar-refractivity contribution in [1.29, 1.82) is 0 Å². The molecule has 2 N–H and O–H groups in total. The number of thiocarbonyl (C=S) groups is 1. The molecule has 2 rings (SSSR count). The number of hydrogen-bond acceptors (Lipinski definition) is 3. The Morgan fingerprint density at radius 2 is 2.10 bits per heavy atom. The van der Waals surface area contributed by atoms with Gasteiger partial charge >= 0.3 is 0 Å². The molecule has 4 heteroatoms. The van der Waals surface area contributed by atoms with Gasteiger partial charge in [-0.2, -0.15) is 0 Å². The average molecular weight is 291 g/mol. The van der Waals surface area contributed by atoms with Crippen molar-refractivity contribution in [3.63, 3.8) is 0 Å². The summed E-state index contributed by atoms with van der Waals surface area (Å²) in [5.41, 5.74) is 7.94. The highest BCUT2D eigenvalue weighted by Crippen LogP contribution is 2.18. The van der Waals surface area contributed by atoms with Crippen LogP contribution in [0.15, 0.2) is 24.3 Å². The largest absolute Gasteiger partial charge is 0.389 e. The van der Waals surface area contributed by atoms with Gasteiger partial charge in [0.1, 0.15) is 4.99 Å². The van der Waals surface area contributed by atoms with Gasteiger partial charge in [0, 0.05) is 18.7 Å². The number of hydrogen-bond donors (Lipinski definition) is 1. The van der Waals surface area contributed by atoms with Crippen molar-refractivity contribution in [3.05, 3.63) is 35.4 Å². The van der Waals surface area contributed by atoms with Crippen LogP contribution in [0.3, 0.4) is 0 Å². The van der Waals surface area contributed by atoms with Gasteiger partial charge in [-0.1, -0.05) is 30.4 Å². The highest BCUT2D eigenvalue weighted by Gasteiger charge is 2.18. The molecular weight excluding hydrogens is 266 g/mol. The second-order valence-corrected chi connectivity index (χ2v) is 6.45. The van der Waals surface area contributed by atoms with Crippen molar-refractivity contribution in [2.75, 3.05) is 33.7 Å². The van der Waals surface area contributed by atoms with E-state index < -0.39 is 0 Å². The summed E-state index contributed by atoms with van der Waals surface area (Å²) < 4.78 is 0. The smallest absolute Gasteiger partial charge is 0.103 e. The van der Waals surface area contributed by atoms with Gasteiger partial charge in [-0.25, -0.2) is 0 Å². The van der Waals surface area contributed by atoms with Crippen LogP contribution in [0.25, 0.3) is 0 Å². The summed E-state index contributed by atoms with van der Waals surface area (Å²) in [6, 6.07) is 8.26. The standard InChI is InChI=1S/C16H25N3S/c1-18-8-6-13(7-9-18)11-19(2)12-14-4-3-5-15(10-14)16(17)20/h3-5,10,13H,6-9,11-12H2,1-2H3,(H2,17,20). The Labute approximate surface area is 127 Å². The first kappa shape index (κ1) is 15.4. The molecule has 1 saturated heterocycles.